The lowest BCUT2D eigenvalue weighted by Crippen LogP contribution is -2.36. The van der Waals surface area contributed by atoms with Gasteiger partial charge in [0.2, 0.25) is 0 Å². The van der Waals surface area contributed by atoms with Gasteiger partial charge in [0.25, 0.3) is 10.0 Å². The van der Waals surface area contributed by atoms with Gasteiger partial charge >= 0.3 is 0 Å². The van der Waals surface area contributed by atoms with E-state index >= 15 is 0 Å². The van der Waals surface area contributed by atoms with Crippen LogP contribution in [0.15, 0.2) is 22.4 Å². The van der Waals surface area contributed by atoms with Gasteiger partial charge in [-0.25, -0.2) is 13.4 Å². The van der Waals surface area contributed by atoms with E-state index in [0.717, 1.165) is 18.7 Å². The van der Waals surface area contributed by atoms with E-state index in [0.29, 0.717) is 13.1 Å². The normalized spacial score (nSPS) is 20.4. The Morgan fingerprint density at radius 2 is 1.67 bits per heavy atom. The zero-order valence-corrected chi connectivity index (χ0v) is 13.8. The Kier molecular flexibility index (Phi) is 3.69. The van der Waals surface area contributed by atoms with Crippen LogP contribution in [0.5, 0.6) is 0 Å². The average molecular weight is 309 g/mol. The minimum Gasteiger partial charge on any atom is -0.336 e. The molecule has 0 N–H and O–H groups in total. The number of imidazole rings is 1. The molecular formula is C15H23N3O2S. The molecule has 1 aliphatic heterocycles. The van der Waals surface area contributed by atoms with Crippen LogP contribution in [0.4, 0.5) is 0 Å². The summed E-state index contributed by atoms with van der Waals surface area (Å²) in [5, 5.41) is 0.191. The van der Waals surface area contributed by atoms with Crippen LogP contribution in [0.1, 0.15) is 51.3 Å². The highest BCUT2D eigenvalue weighted by Gasteiger charge is 2.31. The second kappa shape index (κ2) is 5.25. The predicted octanol–water partition coefficient (Wildman–Crippen LogP) is 2.42. The molecule has 1 saturated carbocycles. The van der Waals surface area contributed by atoms with Crippen LogP contribution in [0.3, 0.4) is 0 Å². The van der Waals surface area contributed by atoms with Gasteiger partial charge in [-0.2, -0.15) is 4.31 Å². The molecule has 0 amide bonds. The number of piperidine rings is 1. The average Bonchev–Trinajstić information content (AvgIpc) is 3.21. The maximum absolute atomic E-state index is 12.7. The lowest BCUT2D eigenvalue weighted by molar-refractivity contribution is 0.384. The van der Waals surface area contributed by atoms with Crippen LogP contribution >= 0.6 is 0 Å². The van der Waals surface area contributed by atoms with Crippen molar-refractivity contribution in [1.82, 2.24) is 13.9 Å². The van der Waals surface area contributed by atoms with E-state index in [4.69, 9.17) is 0 Å². The molecule has 0 unspecified atom stereocenters. The summed E-state index contributed by atoms with van der Waals surface area (Å²) < 4.78 is 28.8. The van der Waals surface area contributed by atoms with Gasteiger partial charge in [0, 0.05) is 32.3 Å². The van der Waals surface area contributed by atoms with E-state index in [1.165, 1.54) is 18.4 Å². The molecule has 1 saturated heterocycles. The predicted molar refractivity (Wildman–Crippen MR) is 81.5 cm³/mol. The summed E-state index contributed by atoms with van der Waals surface area (Å²) in [5.74, 6) is 1.03. The Balaban J connectivity index is 1.81. The van der Waals surface area contributed by atoms with Crippen LogP contribution < -0.4 is 0 Å². The third-order valence-corrected chi connectivity index (χ3v) is 6.11. The maximum atomic E-state index is 12.7. The molecule has 116 valence electrons. The number of hydrogen-bond acceptors (Lipinski definition) is 3. The molecule has 1 aromatic heterocycles. The lowest BCUT2D eigenvalue weighted by atomic mass is 10.1. The standard InChI is InChI=1S/C15H23N3O2S/c1-11(2)15-16-14(10-17(15)3)21(19,20)18-8-6-13(7-9-18)12-4-5-12/h10-11H,4-9H2,1-3H3. The molecule has 2 heterocycles. The smallest absolute Gasteiger partial charge is 0.262 e. The van der Waals surface area contributed by atoms with Gasteiger partial charge in [-0.1, -0.05) is 25.0 Å². The largest absolute Gasteiger partial charge is 0.336 e. The Bertz CT molecular complexity index is 670. The first-order valence-electron chi connectivity index (χ1n) is 7.62. The minimum atomic E-state index is -3.45. The second-order valence-electron chi connectivity index (χ2n) is 6.31. The zero-order chi connectivity index (χ0) is 15.2. The third-order valence-electron chi connectivity index (χ3n) is 4.34. The van der Waals surface area contributed by atoms with E-state index in [9.17, 15) is 8.42 Å². The van der Waals surface area contributed by atoms with E-state index < -0.39 is 10.0 Å². The molecule has 0 spiro atoms. The fourth-order valence-corrected chi connectivity index (χ4v) is 4.44. The summed E-state index contributed by atoms with van der Waals surface area (Å²) in [7, 11) is -1.59. The van der Waals surface area contributed by atoms with Crippen molar-refractivity contribution in [2.45, 2.75) is 50.5 Å². The van der Waals surface area contributed by atoms with Crippen LogP contribution in [-0.4, -0.2) is 35.4 Å². The van der Waals surface area contributed by atoms with Gasteiger partial charge in [-0.3, -0.25) is 0 Å². The van der Waals surface area contributed by atoms with Crippen LogP contribution in [0.25, 0.3) is 0 Å². The molecule has 0 bridgehead atoms. The maximum Gasteiger partial charge on any atom is 0.262 e. The van der Waals surface area contributed by atoms with Crippen molar-refractivity contribution in [3.8, 4) is 0 Å². The first-order valence-corrected chi connectivity index (χ1v) is 9.07. The number of hydrogen-bond donors (Lipinski definition) is 0. The van der Waals surface area contributed by atoms with Gasteiger partial charge in [0.05, 0.1) is 0 Å². The monoisotopic (exact) mass is 309 g/mol. The summed E-state index contributed by atoms with van der Waals surface area (Å²) in [6, 6.07) is 0. The molecule has 1 aromatic rings. The highest BCUT2D eigenvalue weighted by atomic mass is 32.2. The summed E-state index contributed by atoms with van der Waals surface area (Å²) in [6.45, 7) is 5.23. The number of allylic oxidation sites excluding steroid dienone is 1. The molecular weight excluding hydrogens is 286 g/mol. The summed E-state index contributed by atoms with van der Waals surface area (Å²) in [6.07, 6.45) is 5.86. The molecule has 5 nitrogen and oxygen atoms in total. The molecule has 2 fully saturated rings. The Labute approximate surface area is 126 Å². The number of aryl methyl sites for hydroxylation is 1. The van der Waals surface area contributed by atoms with E-state index in [1.807, 2.05) is 25.5 Å². The van der Waals surface area contributed by atoms with E-state index in [-0.39, 0.29) is 10.9 Å². The fourth-order valence-electron chi connectivity index (χ4n) is 3.01. The number of sulfonamides is 1. The molecule has 0 aromatic carbocycles. The van der Waals surface area contributed by atoms with Gasteiger partial charge < -0.3 is 4.57 Å². The Hall–Kier alpha value is -1.14. The quantitative estimate of drug-likeness (QED) is 0.806. The molecule has 0 atom stereocenters. The molecule has 6 heteroatoms. The van der Waals surface area contributed by atoms with Crippen LogP contribution in [0.2, 0.25) is 0 Å². The Morgan fingerprint density at radius 1 is 1.10 bits per heavy atom. The summed E-state index contributed by atoms with van der Waals surface area (Å²) in [5.41, 5.74) is 3.05. The van der Waals surface area contributed by atoms with Crippen molar-refractivity contribution < 1.29 is 8.42 Å². The molecule has 1 aliphatic carbocycles. The topological polar surface area (TPSA) is 55.2 Å². The summed E-state index contributed by atoms with van der Waals surface area (Å²) in [4.78, 5) is 4.34. The highest BCUT2D eigenvalue weighted by Crippen LogP contribution is 2.36. The minimum absolute atomic E-state index is 0.191. The van der Waals surface area contributed by atoms with Crippen LogP contribution in [0, 0.1) is 0 Å². The first kappa shape index (κ1) is 14.8. The molecule has 21 heavy (non-hydrogen) atoms. The van der Waals surface area contributed by atoms with Crippen molar-refractivity contribution >= 4 is 10.0 Å². The molecule has 0 radical (unpaired) electrons. The van der Waals surface area contributed by atoms with Gasteiger partial charge in [0.15, 0.2) is 5.03 Å². The van der Waals surface area contributed by atoms with Crippen molar-refractivity contribution in [3.05, 3.63) is 23.2 Å². The SMILES string of the molecule is CC(C)c1nc(S(=O)(=O)N2CCC(=C3CC3)CC2)cn1C. The third kappa shape index (κ3) is 2.79. The second-order valence-corrected chi connectivity index (χ2v) is 8.20. The van der Waals surface area contributed by atoms with Gasteiger partial charge in [0.1, 0.15) is 5.82 Å². The van der Waals surface area contributed by atoms with Gasteiger partial charge in [-0.15, -0.1) is 0 Å². The van der Waals surface area contributed by atoms with Crippen molar-refractivity contribution in [3.63, 3.8) is 0 Å². The number of nitrogens with zero attached hydrogens (tertiary/aromatic N) is 3. The van der Waals surface area contributed by atoms with Crippen molar-refractivity contribution in [1.29, 1.82) is 0 Å². The Morgan fingerprint density at radius 3 is 2.14 bits per heavy atom. The lowest BCUT2D eigenvalue weighted by Gasteiger charge is -2.26. The van der Waals surface area contributed by atoms with Crippen molar-refractivity contribution in [2.75, 3.05) is 13.1 Å². The highest BCUT2D eigenvalue weighted by molar-refractivity contribution is 7.89. The van der Waals surface area contributed by atoms with E-state index in [2.05, 4.69) is 4.98 Å². The first-order chi connectivity index (χ1) is 9.89. The van der Waals surface area contributed by atoms with Gasteiger partial charge in [-0.05, 0) is 25.7 Å². The summed E-state index contributed by atoms with van der Waals surface area (Å²) >= 11 is 0. The van der Waals surface area contributed by atoms with Crippen molar-refractivity contribution in [2.24, 2.45) is 7.05 Å². The fraction of sp³-hybridized carbons (Fsp3) is 0.667. The molecule has 3 rings (SSSR count). The van der Waals surface area contributed by atoms with Crippen LogP contribution in [-0.2, 0) is 17.1 Å². The zero-order valence-electron chi connectivity index (χ0n) is 13.0. The number of aromatic nitrogens is 2. The molecule has 2 aliphatic rings. The van der Waals surface area contributed by atoms with E-state index in [1.54, 1.807) is 16.1 Å². The number of rotatable bonds is 3.